The molecule has 0 unspecified atom stereocenters. The van der Waals surface area contributed by atoms with E-state index in [1.165, 1.54) is 6.33 Å². The van der Waals surface area contributed by atoms with Gasteiger partial charge in [-0.1, -0.05) is 31.4 Å². The monoisotopic (exact) mass is 398 g/mol. The molecular weight excluding hydrogens is 376 g/mol. The lowest BCUT2D eigenvalue weighted by Gasteiger charge is -2.06. The molecule has 0 aliphatic carbocycles. The van der Waals surface area contributed by atoms with E-state index in [2.05, 4.69) is 44.8 Å². The zero-order valence-corrected chi connectivity index (χ0v) is 16.7. The van der Waals surface area contributed by atoms with Crippen LogP contribution in [0.15, 0.2) is 61.6 Å². The van der Waals surface area contributed by atoms with Crippen LogP contribution >= 0.6 is 0 Å². The van der Waals surface area contributed by atoms with Crippen LogP contribution in [0.4, 0.5) is 5.82 Å². The van der Waals surface area contributed by atoms with Crippen molar-refractivity contribution in [2.45, 2.75) is 19.9 Å². The Kier molecular flexibility index (Phi) is 4.79. The largest absolute Gasteiger partial charge is 0.383 e. The highest BCUT2D eigenvalue weighted by molar-refractivity contribution is 6.07. The van der Waals surface area contributed by atoms with Gasteiger partial charge in [0.1, 0.15) is 17.8 Å². The minimum atomic E-state index is -0.435. The molecule has 0 saturated heterocycles. The Morgan fingerprint density at radius 2 is 1.93 bits per heavy atom. The Morgan fingerprint density at radius 3 is 2.67 bits per heavy atom. The highest BCUT2D eigenvalue weighted by Gasteiger charge is 2.27. The molecule has 30 heavy (non-hydrogen) atoms. The fraction of sp³-hybridized carbons (Fsp3) is 0.130. The number of carbonyl (C=O) groups excluding carboxylic acids is 1. The molecule has 1 aliphatic heterocycles. The molecule has 150 valence electrons. The van der Waals surface area contributed by atoms with Crippen molar-refractivity contribution in [3.05, 3.63) is 67.3 Å². The number of nitrogen functional groups attached to an aromatic ring is 1. The molecule has 5 rings (SSSR count). The molecule has 1 amide bonds. The number of fused-ring (bicyclic) bond motifs is 4. The first-order valence-corrected chi connectivity index (χ1v) is 9.49. The maximum absolute atomic E-state index is 9.82. The van der Waals surface area contributed by atoms with Crippen LogP contribution < -0.4 is 11.5 Å². The summed E-state index contributed by atoms with van der Waals surface area (Å²) in [5.41, 5.74) is 17.4. The van der Waals surface area contributed by atoms with E-state index in [1.54, 1.807) is 6.92 Å². The van der Waals surface area contributed by atoms with Crippen LogP contribution in [0.2, 0.25) is 0 Å². The molecule has 3 aromatic heterocycles. The maximum Gasteiger partial charge on any atom is 0.243 e. The highest BCUT2D eigenvalue weighted by atomic mass is 16.1. The number of hydrogen-bond acceptors (Lipinski definition) is 5. The Labute approximate surface area is 173 Å². The molecule has 4 N–H and O–H groups in total. The molecule has 0 bridgehead atoms. The number of allylic oxidation sites excluding steroid dienone is 1. The molecule has 4 heterocycles. The van der Waals surface area contributed by atoms with Gasteiger partial charge in [0.25, 0.3) is 0 Å². The lowest BCUT2D eigenvalue weighted by Crippen LogP contribution is -2.10. The second-order valence-electron chi connectivity index (χ2n) is 7.25. The molecule has 0 saturated carbocycles. The van der Waals surface area contributed by atoms with Gasteiger partial charge in [0, 0.05) is 34.8 Å². The number of aryl methyl sites for hydroxylation is 1. The van der Waals surface area contributed by atoms with Crippen molar-refractivity contribution in [3.8, 4) is 11.1 Å². The maximum atomic E-state index is 9.82. The number of aromatic nitrogens is 4. The van der Waals surface area contributed by atoms with Crippen molar-refractivity contribution in [3.63, 3.8) is 0 Å². The summed E-state index contributed by atoms with van der Waals surface area (Å²) in [4.78, 5) is 23.1. The van der Waals surface area contributed by atoms with E-state index < -0.39 is 5.91 Å². The van der Waals surface area contributed by atoms with Gasteiger partial charge in [-0.15, -0.1) is 0 Å². The number of nitrogens with two attached hydrogens (primary N) is 2. The second kappa shape index (κ2) is 7.44. The summed E-state index contributed by atoms with van der Waals surface area (Å²) in [6, 6.07) is 10.2. The van der Waals surface area contributed by atoms with Gasteiger partial charge in [-0.2, -0.15) is 0 Å². The predicted octanol–water partition coefficient (Wildman–Crippen LogP) is 3.69. The Bertz CT molecular complexity index is 1320. The molecule has 1 aliphatic rings. The van der Waals surface area contributed by atoms with Gasteiger partial charge < -0.3 is 16.0 Å². The van der Waals surface area contributed by atoms with Gasteiger partial charge in [0.05, 0.1) is 16.6 Å². The summed E-state index contributed by atoms with van der Waals surface area (Å²) in [7, 11) is 0. The van der Waals surface area contributed by atoms with Gasteiger partial charge in [0.2, 0.25) is 5.91 Å². The van der Waals surface area contributed by atoms with Gasteiger partial charge in [-0.05, 0) is 31.1 Å². The average Bonchev–Trinajstić information content (AvgIpc) is 3.27. The lowest BCUT2D eigenvalue weighted by molar-refractivity contribution is -0.114. The van der Waals surface area contributed by atoms with Gasteiger partial charge >= 0.3 is 0 Å². The van der Waals surface area contributed by atoms with E-state index in [9.17, 15) is 4.79 Å². The third kappa shape index (κ3) is 3.20. The zero-order chi connectivity index (χ0) is 21.4. The number of primary amides is 1. The van der Waals surface area contributed by atoms with Gasteiger partial charge in [-0.3, -0.25) is 9.78 Å². The number of pyridine rings is 1. The molecule has 0 atom stereocenters. The molecular formula is C23H22N6O. The fourth-order valence-electron chi connectivity index (χ4n) is 3.63. The van der Waals surface area contributed by atoms with Crippen LogP contribution in [0.25, 0.3) is 38.6 Å². The number of hydrogen-bond donors (Lipinski definition) is 2. The first kappa shape index (κ1) is 19.3. The topological polar surface area (TPSA) is 113 Å². The van der Waals surface area contributed by atoms with Gasteiger partial charge in [-0.25, -0.2) is 9.97 Å². The number of anilines is 1. The van der Waals surface area contributed by atoms with Crippen molar-refractivity contribution >= 4 is 39.2 Å². The van der Waals surface area contributed by atoms with Gasteiger partial charge in [0.15, 0.2) is 0 Å². The number of para-hydroxylation sites is 1. The van der Waals surface area contributed by atoms with E-state index in [-0.39, 0.29) is 0 Å². The quantitative estimate of drug-likeness (QED) is 0.500. The Balaban J connectivity index is 0.000000322. The molecule has 0 spiro atoms. The SMILES string of the molecule is C=C(C)C(N)=O.C=C1CCn2c1c(-c1cnc3ccccc3c1)c1c(N)ncnc12. The van der Waals surface area contributed by atoms with Crippen LogP contribution in [-0.4, -0.2) is 25.4 Å². The van der Waals surface area contributed by atoms with Crippen LogP contribution in [0.1, 0.15) is 19.0 Å². The number of benzene rings is 1. The predicted molar refractivity (Wildman–Crippen MR) is 120 cm³/mol. The number of amides is 1. The molecule has 7 heteroatoms. The van der Waals surface area contributed by atoms with Crippen molar-refractivity contribution < 1.29 is 4.79 Å². The van der Waals surface area contributed by atoms with Crippen LogP contribution in [0.3, 0.4) is 0 Å². The van der Waals surface area contributed by atoms with Crippen LogP contribution in [0.5, 0.6) is 0 Å². The summed E-state index contributed by atoms with van der Waals surface area (Å²) < 4.78 is 2.19. The van der Waals surface area contributed by atoms with E-state index in [4.69, 9.17) is 11.5 Å². The fourth-order valence-corrected chi connectivity index (χ4v) is 3.63. The minimum Gasteiger partial charge on any atom is -0.383 e. The first-order valence-electron chi connectivity index (χ1n) is 9.49. The van der Waals surface area contributed by atoms with Crippen LogP contribution in [-0.2, 0) is 11.3 Å². The lowest BCUT2D eigenvalue weighted by atomic mass is 9.99. The summed E-state index contributed by atoms with van der Waals surface area (Å²) in [6.07, 6.45) is 4.35. The van der Waals surface area contributed by atoms with Crippen LogP contribution in [0, 0.1) is 0 Å². The van der Waals surface area contributed by atoms with E-state index >= 15 is 0 Å². The number of carbonyl (C=O) groups is 1. The third-order valence-electron chi connectivity index (χ3n) is 5.14. The Morgan fingerprint density at radius 1 is 1.20 bits per heavy atom. The second-order valence-corrected chi connectivity index (χ2v) is 7.25. The molecule has 0 fully saturated rings. The molecule has 4 aromatic rings. The number of nitrogens with zero attached hydrogens (tertiary/aromatic N) is 4. The minimum absolute atomic E-state index is 0.398. The molecule has 7 nitrogen and oxygen atoms in total. The summed E-state index contributed by atoms with van der Waals surface area (Å²) in [5, 5.41) is 1.99. The van der Waals surface area contributed by atoms with Crippen molar-refractivity contribution in [1.29, 1.82) is 0 Å². The number of rotatable bonds is 2. The normalized spacial score (nSPS) is 12.5. The molecule has 0 radical (unpaired) electrons. The van der Waals surface area contributed by atoms with E-state index in [0.717, 1.165) is 57.3 Å². The third-order valence-corrected chi connectivity index (χ3v) is 5.14. The smallest absolute Gasteiger partial charge is 0.243 e. The average molecular weight is 398 g/mol. The highest BCUT2D eigenvalue weighted by Crippen LogP contribution is 2.43. The van der Waals surface area contributed by atoms with Crippen molar-refractivity contribution in [2.24, 2.45) is 5.73 Å². The summed E-state index contributed by atoms with van der Waals surface area (Å²) in [5.74, 6) is 0.0628. The summed E-state index contributed by atoms with van der Waals surface area (Å²) in [6.45, 7) is 9.97. The van der Waals surface area contributed by atoms with Crippen molar-refractivity contribution in [1.82, 2.24) is 19.5 Å². The Hall–Kier alpha value is -4.00. The van der Waals surface area contributed by atoms with E-state index in [0.29, 0.717) is 11.4 Å². The zero-order valence-electron chi connectivity index (χ0n) is 16.7. The van der Waals surface area contributed by atoms with E-state index in [1.807, 2.05) is 24.4 Å². The summed E-state index contributed by atoms with van der Waals surface area (Å²) >= 11 is 0. The molecule has 1 aromatic carbocycles. The standard InChI is InChI=1S/C19H15N5.C4H7NO/c1-11-6-7-24-17(11)15(16-18(20)22-10-23-19(16)24)13-8-12-4-2-3-5-14(12)21-9-13;1-3(2)4(5)6/h2-5,8-10H,1,6-7H2,(H2,20,22,23);1H2,2H3,(H2,5,6). The van der Waals surface area contributed by atoms with Crippen molar-refractivity contribution in [2.75, 3.05) is 5.73 Å². The first-order chi connectivity index (χ1) is 14.4.